The Bertz CT molecular complexity index is 616. The minimum absolute atomic E-state index is 0.0798. The highest BCUT2D eigenvalue weighted by Crippen LogP contribution is 2.31. The van der Waals surface area contributed by atoms with E-state index in [1.165, 1.54) is 5.56 Å². The second-order valence-corrected chi connectivity index (χ2v) is 5.61. The van der Waals surface area contributed by atoms with Crippen molar-refractivity contribution in [1.82, 2.24) is 0 Å². The zero-order valence-electron chi connectivity index (χ0n) is 11.6. The van der Waals surface area contributed by atoms with Crippen molar-refractivity contribution in [2.75, 3.05) is 5.32 Å². The molecular weight excluding hydrogens is 232 g/mol. The Morgan fingerprint density at radius 3 is 2.42 bits per heavy atom. The summed E-state index contributed by atoms with van der Waals surface area (Å²) >= 11 is 0. The minimum Gasteiger partial charge on any atom is -0.355 e. The average Bonchev–Trinajstić information content (AvgIpc) is 2.38. The average molecular weight is 250 g/mol. The molecule has 0 atom stereocenters. The normalized spacial score (nSPS) is 10.8. The van der Waals surface area contributed by atoms with E-state index in [2.05, 4.69) is 50.4 Å². The van der Waals surface area contributed by atoms with Gasteiger partial charge in [-0.2, -0.15) is 5.26 Å². The van der Waals surface area contributed by atoms with Crippen molar-refractivity contribution < 1.29 is 0 Å². The number of benzene rings is 2. The summed E-state index contributed by atoms with van der Waals surface area (Å²) in [4.78, 5) is 0. The first kappa shape index (κ1) is 13.2. The Hall–Kier alpha value is -2.27. The maximum atomic E-state index is 8.93. The Morgan fingerprint density at radius 2 is 1.74 bits per heavy atom. The van der Waals surface area contributed by atoms with Gasteiger partial charge in [-0.25, -0.2) is 0 Å². The highest BCUT2D eigenvalue weighted by Gasteiger charge is 2.17. The second kappa shape index (κ2) is 5.16. The molecule has 2 aromatic rings. The topological polar surface area (TPSA) is 35.8 Å². The third-order valence-electron chi connectivity index (χ3n) is 3.01. The lowest BCUT2D eigenvalue weighted by Crippen LogP contribution is -2.13. The number of rotatable bonds is 2. The molecule has 0 aliphatic heterocycles. The molecular formula is C17H18N2. The second-order valence-electron chi connectivity index (χ2n) is 5.61. The van der Waals surface area contributed by atoms with Crippen molar-refractivity contribution in [2.24, 2.45) is 0 Å². The maximum absolute atomic E-state index is 8.93. The lowest BCUT2D eigenvalue weighted by molar-refractivity contribution is 0.592. The third-order valence-corrected chi connectivity index (χ3v) is 3.01. The van der Waals surface area contributed by atoms with E-state index in [-0.39, 0.29) is 5.41 Å². The van der Waals surface area contributed by atoms with Crippen LogP contribution in [0.4, 0.5) is 11.4 Å². The van der Waals surface area contributed by atoms with Crippen LogP contribution >= 0.6 is 0 Å². The lowest BCUT2D eigenvalue weighted by Gasteiger charge is -2.23. The summed E-state index contributed by atoms with van der Waals surface area (Å²) in [5.74, 6) is 0. The van der Waals surface area contributed by atoms with Crippen molar-refractivity contribution >= 4 is 11.4 Å². The van der Waals surface area contributed by atoms with Crippen LogP contribution in [-0.2, 0) is 5.41 Å². The first-order valence-corrected chi connectivity index (χ1v) is 6.37. The molecule has 19 heavy (non-hydrogen) atoms. The van der Waals surface area contributed by atoms with Crippen molar-refractivity contribution in [1.29, 1.82) is 5.26 Å². The molecule has 0 fully saturated rings. The van der Waals surface area contributed by atoms with Crippen molar-refractivity contribution in [3.05, 3.63) is 59.7 Å². The fourth-order valence-corrected chi connectivity index (χ4v) is 2.07. The van der Waals surface area contributed by atoms with Gasteiger partial charge in [-0.3, -0.25) is 0 Å². The van der Waals surface area contributed by atoms with E-state index in [0.717, 1.165) is 11.4 Å². The summed E-state index contributed by atoms with van der Waals surface area (Å²) in [5.41, 5.74) is 4.03. The van der Waals surface area contributed by atoms with Gasteiger partial charge in [0.25, 0.3) is 0 Å². The van der Waals surface area contributed by atoms with Crippen LogP contribution in [0.25, 0.3) is 0 Å². The zero-order chi connectivity index (χ0) is 13.9. The van der Waals surface area contributed by atoms with Gasteiger partial charge >= 0.3 is 0 Å². The summed E-state index contributed by atoms with van der Waals surface area (Å²) in [6.07, 6.45) is 0. The Labute approximate surface area is 114 Å². The quantitative estimate of drug-likeness (QED) is 0.845. The van der Waals surface area contributed by atoms with Crippen LogP contribution in [-0.4, -0.2) is 0 Å². The Balaban J connectivity index is 2.36. The number of nitrogens with one attached hydrogen (secondary N) is 1. The van der Waals surface area contributed by atoms with Gasteiger partial charge < -0.3 is 5.32 Å². The summed E-state index contributed by atoms with van der Waals surface area (Å²) in [6.45, 7) is 6.58. The Kier molecular flexibility index (Phi) is 3.57. The molecule has 0 amide bonds. The molecule has 0 aromatic heterocycles. The van der Waals surface area contributed by atoms with Gasteiger partial charge in [-0.1, -0.05) is 45.0 Å². The van der Waals surface area contributed by atoms with Gasteiger partial charge in [-0.05, 0) is 35.2 Å². The minimum atomic E-state index is 0.0798. The summed E-state index contributed by atoms with van der Waals surface area (Å²) in [5, 5.41) is 12.3. The molecule has 0 aliphatic rings. The van der Waals surface area contributed by atoms with Crippen molar-refractivity contribution in [3.63, 3.8) is 0 Å². The van der Waals surface area contributed by atoms with E-state index >= 15 is 0 Å². The van der Waals surface area contributed by atoms with Crippen molar-refractivity contribution in [3.8, 4) is 6.07 Å². The summed E-state index contributed by atoms with van der Waals surface area (Å²) in [7, 11) is 0. The molecule has 0 spiro atoms. The van der Waals surface area contributed by atoms with Crippen LogP contribution in [0.2, 0.25) is 0 Å². The predicted molar refractivity (Wildman–Crippen MR) is 79.6 cm³/mol. The van der Waals surface area contributed by atoms with Crippen LogP contribution in [0.3, 0.4) is 0 Å². The van der Waals surface area contributed by atoms with Crippen LogP contribution in [0.1, 0.15) is 31.9 Å². The molecule has 0 saturated carbocycles. The molecule has 0 bridgehead atoms. The number of hydrogen-bond acceptors (Lipinski definition) is 2. The van der Waals surface area contributed by atoms with Gasteiger partial charge in [0.2, 0.25) is 0 Å². The molecule has 0 saturated heterocycles. The zero-order valence-corrected chi connectivity index (χ0v) is 11.6. The van der Waals surface area contributed by atoms with Crippen LogP contribution in [0.5, 0.6) is 0 Å². The number of nitrogens with zero attached hydrogens (tertiary/aromatic N) is 1. The third kappa shape index (κ3) is 3.14. The maximum Gasteiger partial charge on any atom is 0.0992 e. The fourth-order valence-electron chi connectivity index (χ4n) is 2.07. The lowest BCUT2D eigenvalue weighted by atomic mass is 9.86. The first-order valence-electron chi connectivity index (χ1n) is 6.37. The molecule has 2 heteroatoms. The van der Waals surface area contributed by atoms with E-state index < -0.39 is 0 Å². The fraction of sp³-hybridized carbons (Fsp3) is 0.235. The number of anilines is 2. The van der Waals surface area contributed by atoms with Gasteiger partial charge in [0.05, 0.1) is 11.6 Å². The van der Waals surface area contributed by atoms with E-state index in [0.29, 0.717) is 5.56 Å². The predicted octanol–water partition coefficient (Wildman–Crippen LogP) is 4.60. The molecule has 0 heterocycles. The standard InChI is InChI=1S/C17H18N2/c1-17(2,3)15-9-4-5-10-16(15)19-14-8-6-7-13(11-14)12-18/h4-11,19H,1-3H3. The van der Waals surface area contributed by atoms with Crippen LogP contribution in [0, 0.1) is 11.3 Å². The number of nitriles is 1. The van der Waals surface area contributed by atoms with E-state index in [1.807, 2.05) is 24.3 Å². The summed E-state index contributed by atoms with van der Waals surface area (Å²) < 4.78 is 0. The van der Waals surface area contributed by atoms with Crippen LogP contribution in [0.15, 0.2) is 48.5 Å². The van der Waals surface area contributed by atoms with E-state index in [9.17, 15) is 0 Å². The molecule has 96 valence electrons. The number of para-hydroxylation sites is 1. The molecule has 0 radical (unpaired) electrons. The van der Waals surface area contributed by atoms with Crippen LogP contribution < -0.4 is 5.32 Å². The molecule has 2 aromatic carbocycles. The molecule has 2 rings (SSSR count). The molecule has 0 unspecified atom stereocenters. The highest BCUT2D eigenvalue weighted by molar-refractivity contribution is 5.65. The number of hydrogen-bond donors (Lipinski definition) is 1. The van der Waals surface area contributed by atoms with Crippen molar-refractivity contribution in [2.45, 2.75) is 26.2 Å². The van der Waals surface area contributed by atoms with E-state index in [1.54, 1.807) is 6.07 Å². The molecule has 1 N–H and O–H groups in total. The van der Waals surface area contributed by atoms with E-state index in [4.69, 9.17) is 5.26 Å². The SMILES string of the molecule is CC(C)(C)c1ccccc1Nc1cccc(C#N)c1. The van der Waals surface area contributed by atoms with Gasteiger partial charge in [-0.15, -0.1) is 0 Å². The first-order chi connectivity index (χ1) is 9.00. The molecule has 0 aliphatic carbocycles. The van der Waals surface area contributed by atoms with Gasteiger partial charge in [0.1, 0.15) is 0 Å². The van der Waals surface area contributed by atoms with Gasteiger partial charge in [0.15, 0.2) is 0 Å². The highest BCUT2D eigenvalue weighted by atomic mass is 14.9. The monoisotopic (exact) mass is 250 g/mol. The molecule has 2 nitrogen and oxygen atoms in total. The summed E-state index contributed by atoms with van der Waals surface area (Å²) in [6, 6.07) is 18.0. The smallest absolute Gasteiger partial charge is 0.0992 e. The largest absolute Gasteiger partial charge is 0.355 e. The van der Waals surface area contributed by atoms with Gasteiger partial charge in [0, 0.05) is 11.4 Å². The Morgan fingerprint density at radius 1 is 1.00 bits per heavy atom.